The molecule has 1 saturated heterocycles. The number of halogens is 1. The summed E-state index contributed by atoms with van der Waals surface area (Å²) in [5, 5.41) is 12.4. The zero-order chi connectivity index (χ0) is 21.1. The van der Waals surface area contributed by atoms with Crippen LogP contribution in [0.2, 0.25) is 0 Å². The van der Waals surface area contributed by atoms with Crippen LogP contribution in [0.4, 0.5) is 15.9 Å². The minimum atomic E-state index is -0.369. The van der Waals surface area contributed by atoms with Gasteiger partial charge in [0.2, 0.25) is 0 Å². The number of nitrogens with one attached hydrogen (secondary N) is 1. The number of fused-ring (bicyclic) bond motifs is 1. The molecule has 3 heterocycles. The molecule has 0 spiro atoms. The predicted octanol–water partition coefficient (Wildman–Crippen LogP) is 1.89. The summed E-state index contributed by atoms with van der Waals surface area (Å²) in [6, 6.07) is 7.79. The van der Waals surface area contributed by atoms with E-state index in [1.807, 2.05) is 4.90 Å². The third-order valence-electron chi connectivity index (χ3n) is 5.60. The molecule has 158 valence electrons. The highest BCUT2D eigenvalue weighted by molar-refractivity contribution is 5.58. The number of nitriles is 1. The third-order valence-corrected chi connectivity index (χ3v) is 5.60. The number of piperazine rings is 1. The molecule has 0 bridgehead atoms. The number of hydrogen-bond donors (Lipinski definition) is 1. The maximum absolute atomic E-state index is 14.8. The van der Waals surface area contributed by atoms with Gasteiger partial charge in [0.25, 0.3) is 0 Å². The van der Waals surface area contributed by atoms with Crippen LogP contribution in [0.5, 0.6) is 11.8 Å². The average Bonchev–Trinajstić information content (AvgIpc) is 2.78. The van der Waals surface area contributed by atoms with E-state index in [2.05, 4.69) is 26.3 Å². The highest BCUT2D eigenvalue weighted by atomic mass is 19.1. The van der Waals surface area contributed by atoms with E-state index in [1.54, 1.807) is 25.3 Å². The van der Waals surface area contributed by atoms with E-state index >= 15 is 0 Å². The smallest absolute Gasteiger partial charge is 0.318 e. The van der Waals surface area contributed by atoms with Crippen molar-refractivity contribution < 1.29 is 13.9 Å². The largest absolute Gasteiger partial charge is 0.494 e. The van der Waals surface area contributed by atoms with Gasteiger partial charge in [0.1, 0.15) is 5.82 Å². The van der Waals surface area contributed by atoms with Gasteiger partial charge in [-0.1, -0.05) is 6.07 Å². The van der Waals surface area contributed by atoms with Crippen molar-refractivity contribution in [2.45, 2.75) is 25.4 Å². The summed E-state index contributed by atoms with van der Waals surface area (Å²) in [5.41, 5.74) is 2.39. The lowest BCUT2D eigenvalue weighted by atomic mass is 10.0. The molecule has 0 amide bonds. The van der Waals surface area contributed by atoms with Crippen molar-refractivity contribution >= 4 is 11.5 Å². The summed E-state index contributed by atoms with van der Waals surface area (Å²) in [4.78, 5) is 13.4. The number of aromatic nitrogens is 2. The molecule has 8 nitrogen and oxygen atoms in total. The fourth-order valence-electron chi connectivity index (χ4n) is 4.11. The first-order valence-electron chi connectivity index (χ1n) is 10.0. The number of nitrogens with zero attached hydrogens (tertiary/aromatic N) is 5. The summed E-state index contributed by atoms with van der Waals surface area (Å²) in [5.74, 6) is 0.710. The first kappa shape index (κ1) is 20.2. The van der Waals surface area contributed by atoms with E-state index in [4.69, 9.17) is 14.7 Å². The standard InChI is InChI=1S/C21H25FN6O2/c1-29-18-5-3-4-17(19(18)22)27-10-7-15-16(13-27)25-21(30-2)26-20(15)28-11-9-24-14(12-28)6-8-23/h3-5,14,24H,6-7,9-13H2,1-2H3. The lowest BCUT2D eigenvalue weighted by molar-refractivity contribution is 0.374. The van der Waals surface area contributed by atoms with Crippen LogP contribution in [0, 0.1) is 17.1 Å². The molecule has 0 radical (unpaired) electrons. The Morgan fingerprint density at radius 1 is 1.23 bits per heavy atom. The highest BCUT2D eigenvalue weighted by Gasteiger charge is 2.29. The van der Waals surface area contributed by atoms with Crippen molar-refractivity contribution in [2.24, 2.45) is 0 Å². The van der Waals surface area contributed by atoms with Gasteiger partial charge in [0.15, 0.2) is 11.6 Å². The molecule has 1 aromatic heterocycles. The molecule has 30 heavy (non-hydrogen) atoms. The average molecular weight is 412 g/mol. The Morgan fingerprint density at radius 3 is 2.87 bits per heavy atom. The van der Waals surface area contributed by atoms with Crippen LogP contribution < -0.4 is 24.6 Å². The van der Waals surface area contributed by atoms with Crippen molar-refractivity contribution in [2.75, 3.05) is 50.2 Å². The van der Waals surface area contributed by atoms with E-state index in [0.717, 1.165) is 30.2 Å². The van der Waals surface area contributed by atoms with Crippen molar-refractivity contribution in [1.29, 1.82) is 5.26 Å². The first-order chi connectivity index (χ1) is 14.6. The number of anilines is 2. The van der Waals surface area contributed by atoms with Gasteiger partial charge in [-0.15, -0.1) is 0 Å². The second kappa shape index (κ2) is 8.71. The van der Waals surface area contributed by atoms with Gasteiger partial charge >= 0.3 is 6.01 Å². The van der Waals surface area contributed by atoms with Crippen molar-refractivity contribution in [1.82, 2.24) is 15.3 Å². The van der Waals surface area contributed by atoms with Crippen molar-refractivity contribution in [3.8, 4) is 17.8 Å². The summed E-state index contributed by atoms with van der Waals surface area (Å²) >= 11 is 0. The van der Waals surface area contributed by atoms with Gasteiger partial charge < -0.3 is 24.6 Å². The SMILES string of the molecule is COc1nc2c(c(N3CCNC(CC#N)C3)n1)CCN(c1cccc(OC)c1F)C2. The van der Waals surface area contributed by atoms with Gasteiger partial charge in [-0.25, -0.2) is 4.39 Å². The minimum Gasteiger partial charge on any atom is -0.494 e. The maximum Gasteiger partial charge on any atom is 0.318 e. The van der Waals surface area contributed by atoms with Crippen LogP contribution in [0.3, 0.4) is 0 Å². The fourth-order valence-corrected chi connectivity index (χ4v) is 4.11. The van der Waals surface area contributed by atoms with Crippen molar-refractivity contribution in [3.05, 3.63) is 35.3 Å². The maximum atomic E-state index is 14.8. The number of hydrogen-bond acceptors (Lipinski definition) is 8. The van der Waals surface area contributed by atoms with Gasteiger partial charge in [-0.3, -0.25) is 0 Å². The molecule has 2 aliphatic rings. The van der Waals surface area contributed by atoms with E-state index in [9.17, 15) is 4.39 Å². The Balaban J connectivity index is 1.65. The fraction of sp³-hybridized carbons (Fsp3) is 0.476. The Hall–Kier alpha value is -3.12. The molecular formula is C21H25FN6O2. The quantitative estimate of drug-likeness (QED) is 0.797. The van der Waals surface area contributed by atoms with Gasteiger partial charge in [0, 0.05) is 37.8 Å². The first-order valence-corrected chi connectivity index (χ1v) is 10.0. The number of rotatable bonds is 5. The Bertz CT molecular complexity index is 963. The summed E-state index contributed by atoms with van der Waals surface area (Å²) < 4.78 is 25.3. The predicted molar refractivity (Wildman–Crippen MR) is 111 cm³/mol. The molecule has 1 N–H and O–H groups in total. The Kier molecular flexibility index (Phi) is 5.86. The van der Waals surface area contributed by atoms with Crippen molar-refractivity contribution in [3.63, 3.8) is 0 Å². The number of ether oxygens (including phenoxy) is 2. The zero-order valence-electron chi connectivity index (χ0n) is 17.2. The van der Waals surface area contributed by atoms with E-state index in [-0.39, 0.29) is 17.6 Å². The Labute approximate surface area is 175 Å². The molecule has 1 atom stereocenters. The monoisotopic (exact) mass is 412 g/mol. The molecule has 2 aromatic rings. The van der Waals surface area contributed by atoms with E-state index in [0.29, 0.717) is 44.2 Å². The molecule has 0 aliphatic carbocycles. The second-order valence-corrected chi connectivity index (χ2v) is 7.38. The molecular weight excluding hydrogens is 387 g/mol. The molecule has 9 heteroatoms. The molecule has 0 saturated carbocycles. The van der Waals surface area contributed by atoms with Gasteiger partial charge in [-0.2, -0.15) is 15.2 Å². The summed E-state index contributed by atoms with van der Waals surface area (Å²) in [6.45, 7) is 3.39. The molecule has 4 rings (SSSR count). The van der Waals surface area contributed by atoms with E-state index in [1.165, 1.54) is 7.11 Å². The van der Waals surface area contributed by atoms with Crippen LogP contribution in [0.1, 0.15) is 17.7 Å². The highest BCUT2D eigenvalue weighted by Crippen LogP contribution is 2.34. The lowest BCUT2D eigenvalue weighted by Gasteiger charge is -2.37. The van der Waals surface area contributed by atoms with E-state index < -0.39 is 0 Å². The molecule has 1 unspecified atom stereocenters. The summed E-state index contributed by atoms with van der Waals surface area (Å²) in [7, 11) is 3.01. The van der Waals surface area contributed by atoms with Gasteiger partial charge in [-0.05, 0) is 18.6 Å². The zero-order valence-corrected chi connectivity index (χ0v) is 17.2. The topological polar surface area (TPSA) is 86.5 Å². The number of benzene rings is 1. The Morgan fingerprint density at radius 2 is 2.10 bits per heavy atom. The minimum absolute atomic E-state index is 0.103. The van der Waals surface area contributed by atoms with Gasteiger partial charge in [0.05, 0.1) is 44.6 Å². The number of methoxy groups -OCH3 is 2. The molecule has 1 aromatic carbocycles. The normalized spacial score (nSPS) is 18.5. The second-order valence-electron chi connectivity index (χ2n) is 7.38. The van der Waals surface area contributed by atoms with Crippen LogP contribution in [-0.4, -0.2) is 56.4 Å². The van der Waals surface area contributed by atoms with Crippen LogP contribution in [0.25, 0.3) is 0 Å². The summed E-state index contributed by atoms with van der Waals surface area (Å²) in [6.07, 6.45) is 1.14. The third kappa shape index (κ3) is 3.83. The molecule has 1 fully saturated rings. The van der Waals surface area contributed by atoms with Crippen LogP contribution in [0.15, 0.2) is 18.2 Å². The van der Waals surface area contributed by atoms with Crippen LogP contribution >= 0.6 is 0 Å². The lowest BCUT2D eigenvalue weighted by Crippen LogP contribution is -2.51. The van der Waals surface area contributed by atoms with Crippen LogP contribution in [-0.2, 0) is 13.0 Å². The molecule has 2 aliphatic heterocycles.